The molecule has 0 amide bonds. The summed E-state index contributed by atoms with van der Waals surface area (Å²) in [6.45, 7) is 0.696. The highest BCUT2D eigenvalue weighted by molar-refractivity contribution is 7.95. The van der Waals surface area contributed by atoms with Crippen LogP contribution in [0.3, 0.4) is 0 Å². The predicted molar refractivity (Wildman–Crippen MR) is 190 cm³/mol. The SMILES string of the molecule is O=C(O)c1cc(C(=O)O)cc(S(=O)(=O)O)c1.OCCOCCO.c1ccc(C[P+](c2ccccc2)(c2ccccc2)c2ccccc2)cc1. The van der Waals surface area contributed by atoms with Crippen molar-refractivity contribution in [2.75, 3.05) is 26.4 Å². The predicted octanol–water partition coefficient (Wildman–Crippen LogP) is 4.50. The zero-order valence-electron chi connectivity index (χ0n) is 26.4. The fourth-order valence-corrected chi connectivity index (χ4v) is 9.65. The number of carboxylic acids is 2. The molecule has 5 aromatic carbocycles. The van der Waals surface area contributed by atoms with Crippen molar-refractivity contribution in [1.29, 1.82) is 0 Å². The maximum Gasteiger partial charge on any atom is 0.335 e. The summed E-state index contributed by atoms with van der Waals surface area (Å²) in [6, 6.07) is 46.2. The molecule has 0 fully saturated rings. The van der Waals surface area contributed by atoms with E-state index in [1.807, 2.05) is 0 Å². The molecule has 5 aromatic rings. The highest BCUT2D eigenvalue weighted by atomic mass is 32.2. The fraction of sp³-hybridized carbons (Fsp3) is 0.135. The normalized spacial score (nSPS) is 10.9. The lowest BCUT2D eigenvalue weighted by Crippen LogP contribution is -2.32. The van der Waals surface area contributed by atoms with Crippen molar-refractivity contribution in [3.8, 4) is 0 Å². The van der Waals surface area contributed by atoms with Crippen LogP contribution in [0.4, 0.5) is 0 Å². The Bertz CT molecular complexity index is 1720. The molecule has 0 aliphatic rings. The van der Waals surface area contributed by atoms with E-state index in [1.165, 1.54) is 21.5 Å². The van der Waals surface area contributed by atoms with Crippen molar-refractivity contribution >= 4 is 45.2 Å². The second-order valence-electron chi connectivity index (χ2n) is 10.4. The molecule has 0 bridgehead atoms. The summed E-state index contributed by atoms with van der Waals surface area (Å²) in [5.74, 6) is -2.99. The molecule has 0 spiro atoms. The molecule has 0 atom stereocenters. The Morgan fingerprint density at radius 3 is 1.22 bits per heavy atom. The average molecular weight is 706 g/mol. The first kappa shape index (κ1) is 38.7. The van der Waals surface area contributed by atoms with Crippen molar-refractivity contribution in [3.63, 3.8) is 0 Å². The van der Waals surface area contributed by atoms with Crippen molar-refractivity contribution in [2.24, 2.45) is 0 Å². The summed E-state index contributed by atoms with van der Waals surface area (Å²) in [5, 5.41) is 37.7. The van der Waals surface area contributed by atoms with E-state index in [9.17, 15) is 18.0 Å². The minimum Gasteiger partial charge on any atom is -0.478 e. The number of ether oxygens (including phenoxy) is 1. The van der Waals surface area contributed by atoms with Crippen molar-refractivity contribution in [1.82, 2.24) is 0 Å². The van der Waals surface area contributed by atoms with Crippen LogP contribution in [0.2, 0.25) is 0 Å². The summed E-state index contributed by atoms with van der Waals surface area (Å²) in [6.07, 6.45) is 1.03. The molecular weight excluding hydrogens is 667 g/mol. The average Bonchev–Trinajstić information content (AvgIpc) is 3.12. The van der Waals surface area contributed by atoms with Gasteiger partial charge in [0.2, 0.25) is 0 Å². The Balaban J connectivity index is 0.000000241. The molecule has 12 heteroatoms. The topological polar surface area (TPSA) is 179 Å². The van der Waals surface area contributed by atoms with Gasteiger partial charge in [-0.3, -0.25) is 4.55 Å². The van der Waals surface area contributed by atoms with Crippen molar-refractivity contribution < 1.29 is 47.7 Å². The Hall–Kier alpha value is -4.74. The van der Waals surface area contributed by atoms with Gasteiger partial charge in [0.1, 0.15) is 23.2 Å². The minimum absolute atomic E-state index is 0.0278. The highest BCUT2D eigenvalue weighted by Gasteiger charge is 2.45. The maximum absolute atomic E-state index is 10.8. The largest absolute Gasteiger partial charge is 0.478 e. The molecule has 5 N–H and O–H groups in total. The summed E-state index contributed by atoms with van der Waals surface area (Å²) in [5.41, 5.74) is 0.317. The molecule has 256 valence electrons. The third kappa shape index (κ3) is 11.4. The van der Waals surface area contributed by atoms with E-state index >= 15 is 0 Å². The fourth-order valence-electron chi connectivity index (χ4n) is 4.85. The van der Waals surface area contributed by atoms with Crippen LogP contribution in [0.1, 0.15) is 26.3 Å². The number of hydrogen-bond donors (Lipinski definition) is 5. The van der Waals surface area contributed by atoms with E-state index in [1.54, 1.807) is 0 Å². The monoisotopic (exact) mass is 705 g/mol. The molecule has 0 aromatic heterocycles. The quantitative estimate of drug-likeness (QED) is 0.0706. The molecule has 0 aliphatic heterocycles. The standard InChI is InChI=1S/C25H22P.C8H6O7S.C4H10O3/c1-5-13-22(14-6-1)21-26(23-15-7-2-8-16-23,24-17-9-3-10-18-24)25-19-11-4-12-20-25;9-7(10)4-1-5(8(11)12)3-6(2-4)16(13,14)15;5-1-3-7-4-2-6/h1-20H,21H2;1-3H,(H,9,10)(H,11,12)(H,13,14,15);5-6H,1-4H2/q+1;;. The van der Waals surface area contributed by atoms with Gasteiger partial charge in [0.15, 0.2) is 0 Å². The van der Waals surface area contributed by atoms with Crippen molar-refractivity contribution in [3.05, 3.63) is 156 Å². The minimum atomic E-state index is -4.64. The highest BCUT2D eigenvalue weighted by Crippen LogP contribution is 2.58. The number of carboxylic acid groups (broad SMARTS) is 2. The molecule has 0 unspecified atom stereocenters. The second kappa shape index (κ2) is 19.3. The lowest BCUT2D eigenvalue weighted by molar-refractivity contribution is 0.0650. The number of aliphatic hydroxyl groups is 2. The van der Waals surface area contributed by atoms with Crippen LogP contribution in [-0.4, -0.2) is 71.8 Å². The zero-order valence-corrected chi connectivity index (χ0v) is 28.2. The number of aliphatic hydroxyl groups excluding tert-OH is 2. The molecule has 0 radical (unpaired) electrons. The number of hydrogen-bond acceptors (Lipinski definition) is 7. The first-order chi connectivity index (χ1) is 23.5. The van der Waals surface area contributed by atoms with Crippen LogP contribution in [0.25, 0.3) is 0 Å². The van der Waals surface area contributed by atoms with Gasteiger partial charge < -0.3 is 25.2 Å². The summed E-state index contributed by atoms with van der Waals surface area (Å²) < 4.78 is 34.8. The van der Waals surface area contributed by atoms with Crippen LogP contribution in [-0.2, 0) is 21.0 Å². The number of rotatable bonds is 12. The number of carbonyl (C=O) groups is 2. The van der Waals surface area contributed by atoms with E-state index < -0.39 is 45.3 Å². The maximum atomic E-state index is 10.8. The summed E-state index contributed by atoms with van der Waals surface area (Å²) in [7, 11) is -6.42. The van der Waals surface area contributed by atoms with E-state index in [2.05, 4.69) is 126 Å². The smallest absolute Gasteiger partial charge is 0.335 e. The number of benzene rings is 5. The zero-order chi connectivity index (χ0) is 35.7. The molecule has 0 saturated heterocycles. The van der Waals surface area contributed by atoms with Gasteiger partial charge in [0.05, 0.1) is 48.6 Å². The first-order valence-corrected chi connectivity index (χ1v) is 18.4. The van der Waals surface area contributed by atoms with Gasteiger partial charge in [-0.15, -0.1) is 0 Å². The van der Waals surface area contributed by atoms with Gasteiger partial charge in [-0.1, -0.05) is 84.9 Å². The molecule has 5 rings (SSSR count). The van der Waals surface area contributed by atoms with E-state index in [0.717, 1.165) is 12.2 Å². The second-order valence-corrected chi connectivity index (χ2v) is 15.3. The molecule has 0 aliphatic carbocycles. The van der Waals surface area contributed by atoms with Crippen LogP contribution in [0, 0.1) is 0 Å². The van der Waals surface area contributed by atoms with Crippen molar-refractivity contribution in [2.45, 2.75) is 11.1 Å². The Kier molecular flexibility index (Phi) is 15.2. The van der Waals surface area contributed by atoms with Crippen LogP contribution >= 0.6 is 7.26 Å². The Morgan fingerprint density at radius 1 is 0.571 bits per heavy atom. The number of aromatic carboxylic acids is 2. The van der Waals surface area contributed by atoms with Crippen LogP contribution < -0.4 is 15.9 Å². The molecule has 10 nitrogen and oxygen atoms in total. The summed E-state index contributed by atoms with van der Waals surface area (Å²) >= 11 is 0. The van der Waals surface area contributed by atoms with Crippen LogP contribution in [0.15, 0.2) is 144 Å². The van der Waals surface area contributed by atoms with Gasteiger partial charge in [0, 0.05) is 0 Å². The van der Waals surface area contributed by atoms with Gasteiger partial charge in [-0.2, -0.15) is 8.42 Å². The van der Waals surface area contributed by atoms with Gasteiger partial charge in [-0.05, 0) is 60.2 Å². The van der Waals surface area contributed by atoms with E-state index in [-0.39, 0.29) is 13.2 Å². The molecule has 0 heterocycles. The molecular formula is C37H38O10PS+. The molecule has 49 heavy (non-hydrogen) atoms. The lowest BCUT2D eigenvalue weighted by atomic mass is 10.1. The third-order valence-electron chi connectivity index (χ3n) is 7.02. The van der Waals surface area contributed by atoms with E-state index in [0.29, 0.717) is 25.3 Å². The lowest BCUT2D eigenvalue weighted by Gasteiger charge is -2.27. The van der Waals surface area contributed by atoms with Gasteiger partial charge >= 0.3 is 11.9 Å². The first-order valence-electron chi connectivity index (χ1n) is 15.0. The van der Waals surface area contributed by atoms with E-state index in [4.69, 9.17) is 25.0 Å². The molecule has 0 saturated carbocycles. The Labute approximate surface area is 286 Å². The van der Waals surface area contributed by atoms with Crippen LogP contribution in [0.5, 0.6) is 0 Å². The Morgan fingerprint density at radius 2 is 0.918 bits per heavy atom. The summed E-state index contributed by atoms with van der Waals surface area (Å²) in [4.78, 5) is 20.4. The van der Waals surface area contributed by atoms with Gasteiger partial charge in [0.25, 0.3) is 10.1 Å². The van der Waals surface area contributed by atoms with Gasteiger partial charge in [-0.25, -0.2) is 9.59 Å². The third-order valence-corrected chi connectivity index (χ3v) is 12.2.